The molecule has 1 aliphatic carbocycles. The number of rotatable bonds is 4. The van der Waals surface area contributed by atoms with Crippen molar-refractivity contribution in [1.29, 1.82) is 0 Å². The minimum atomic E-state index is -1.09. The van der Waals surface area contributed by atoms with Crippen molar-refractivity contribution in [2.45, 2.75) is 29.1 Å². The maximum Gasteiger partial charge on any atom is 0.337 e. The molecule has 0 atom stereocenters. The molecule has 0 amide bonds. The van der Waals surface area contributed by atoms with E-state index in [1.807, 2.05) is 0 Å². The Morgan fingerprint density at radius 3 is 3.00 bits per heavy atom. The van der Waals surface area contributed by atoms with Crippen LogP contribution in [0.2, 0.25) is 5.02 Å². The van der Waals surface area contributed by atoms with Gasteiger partial charge in [-0.3, -0.25) is 0 Å². The smallest absolute Gasteiger partial charge is 0.337 e. The summed E-state index contributed by atoms with van der Waals surface area (Å²) in [5.41, 5.74) is 0.0182. The highest BCUT2D eigenvalue weighted by atomic mass is 35.5. The lowest BCUT2D eigenvalue weighted by molar-refractivity contribution is 0.0696. The Bertz CT molecular complexity index is 643. The minimum Gasteiger partial charge on any atom is -0.478 e. The van der Waals surface area contributed by atoms with Crippen molar-refractivity contribution in [2.24, 2.45) is 0 Å². The van der Waals surface area contributed by atoms with Crippen LogP contribution in [0.15, 0.2) is 22.4 Å². The summed E-state index contributed by atoms with van der Waals surface area (Å²) in [6, 6.07) is 1.69. The first-order valence-electron chi connectivity index (χ1n) is 5.50. The van der Waals surface area contributed by atoms with Crippen LogP contribution < -0.4 is 0 Å². The molecule has 98 valence electrons. The lowest BCUT2D eigenvalue weighted by atomic mass is 10.3. The van der Waals surface area contributed by atoms with Gasteiger partial charge in [-0.2, -0.15) is 0 Å². The number of carbonyl (C=O) groups is 1. The Labute approximate surface area is 117 Å². The Morgan fingerprint density at radius 1 is 1.53 bits per heavy atom. The topological polar surface area (TPSA) is 93.8 Å². The van der Waals surface area contributed by atoms with Gasteiger partial charge in [-0.25, -0.2) is 14.5 Å². The molecule has 0 aliphatic heterocycles. The van der Waals surface area contributed by atoms with E-state index >= 15 is 0 Å². The van der Waals surface area contributed by atoms with Crippen LogP contribution in [0.3, 0.4) is 0 Å². The highest BCUT2D eigenvalue weighted by Gasteiger charge is 2.28. The number of carboxylic acid groups (broad SMARTS) is 1. The fourth-order valence-corrected chi connectivity index (χ4v) is 2.70. The molecule has 0 aromatic carbocycles. The SMILES string of the molecule is O=C(O)c1ccnc(Sc2nnnn2C2CC2)c1Cl. The van der Waals surface area contributed by atoms with E-state index in [-0.39, 0.29) is 10.6 Å². The number of aromatic nitrogens is 5. The van der Waals surface area contributed by atoms with Gasteiger partial charge in [0.15, 0.2) is 0 Å². The van der Waals surface area contributed by atoms with E-state index in [0.29, 0.717) is 16.2 Å². The summed E-state index contributed by atoms with van der Waals surface area (Å²) in [5.74, 6) is -1.09. The third kappa shape index (κ3) is 2.41. The van der Waals surface area contributed by atoms with Crippen LogP contribution in [0.4, 0.5) is 0 Å². The standard InChI is InChI=1S/C10H8ClN5O2S/c11-7-6(9(17)18)3-4-12-8(7)19-10-13-14-15-16(10)5-1-2-5/h3-5H,1-2H2,(H,17,18). The van der Waals surface area contributed by atoms with E-state index in [4.69, 9.17) is 16.7 Å². The van der Waals surface area contributed by atoms with Crippen molar-refractivity contribution in [3.63, 3.8) is 0 Å². The average molecular weight is 298 g/mol. The summed E-state index contributed by atoms with van der Waals surface area (Å²) in [4.78, 5) is 15.1. The van der Waals surface area contributed by atoms with E-state index in [2.05, 4.69) is 20.5 Å². The summed E-state index contributed by atoms with van der Waals surface area (Å²) < 4.78 is 1.72. The van der Waals surface area contributed by atoms with E-state index in [0.717, 1.165) is 12.8 Å². The summed E-state index contributed by atoms with van der Waals surface area (Å²) in [7, 11) is 0. The second-order valence-corrected chi connectivity index (χ2v) is 5.36. The molecule has 3 rings (SSSR count). The number of nitrogens with zero attached hydrogens (tertiary/aromatic N) is 5. The van der Waals surface area contributed by atoms with Gasteiger partial charge in [0.25, 0.3) is 0 Å². The maximum absolute atomic E-state index is 11.0. The van der Waals surface area contributed by atoms with Crippen LogP contribution in [0.25, 0.3) is 0 Å². The number of carboxylic acids is 1. The molecule has 1 N–H and O–H groups in total. The first-order chi connectivity index (χ1) is 9.16. The lowest BCUT2D eigenvalue weighted by Crippen LogP contribution is -2.01. The number of halogens is 1. The molecule has 2 heterocycles. The molecule has 7 nitrogen and oxygen atoms in total. The minimum absolute atomic E-state index is 0.0182. The molecule has 0 radical (unpaired) electrons. The number of hydrogen-bond acceptors (Lipinski definition) is 6. The van der Waals surface area contributed by atoms with Crippen LogP contribution >= 0.6 is 23.4 Å². The highest BCUT2D eigenvalue weighted by Crippen LogP contribution is 2.39. The van der Waals surface area contributed by atoms with Crippen molar-refractivity contribution in [3.05, 3.63) is 22.8 Å². The van der Waals surface area contributed by atoms with Crippen molar-refractivity contribution in [3.8, 4) is 0 Å². The van der Waals surface area contributed by atoms with Gasteiger partial charge in [0, 0.05) is 6.20 Å². The molecule has 1 aliphatic rings. The fraction of sp³-hybridized carbons (Fsp3) is 0.300. The molecular formula is C10H8ClN5O2S. The molecule has 2 aromatic heterocycles. The Kier molecular flexibility index (Phi) is 3.11. The Hall–Kier alpha value is -1.67. The van der Waals surface area contributed by atoms with Crippen LogP contribution in [-0.2, 0) is 0 Å². The first kappa shape index (κ1) is 12.4. The number of hydrogen-bond donors (Lipinski definition) is 1. The largest absolute Gasteiger partial charge is 0.478 e. The van der Waals surface area contributed by atoms with Crippen LogP contribution in [0.1, 0.15) is 29.2 Å². The van der Waals surface area contributed by atoms with Gasteiger partial charge in [-0.1, -0.05) is 11.6 Å². The third-order valence-electron chi connectivity index (χ3n) is 2.63. The van der Waals surface area contributed by atoms with E-state index in [1.54, 1.807) is 4.68 Å². The number of pyridine rings is 1. The number of aromatic carboxylic acids is 1. The van der Waals surface area contributed by atoms with Crippen LogP contribution in [0.5, 0.6) is 0 Å². The second kappa shape index (κ2) is 4.78. The van der Waals surface area contributed by atoms with Gasteiger partial charge in [-0.05, 0) is 41.1 Å². The summed E-state index contributed by atoms with van der Waals surface area (Å²) in [6.07, 6.45) is 3.51. The van der Waals surface area contributed by atoms with Crippen molar-refractivity contribution in [1.82, 2.24) is 25.2 Å². The number of tetrazole rings is 1. The molecule has 2 aromatic rings. The zero-order chi connectivity index (χ0) is 13.4. The molecule has 9 heteroatoms. The molecule has 0 unspecified atom stereocenters. The highest BCUT2D eigenvalue weighted by molar-refractivity contribution is 7.99. The van der Waals surface area contributed by atoms with E-state index < -0.39 is 5.97 Å². The third-order valence-corrected chi connectivity index (χ3v) is 4.08. The van der Waals surface area contributed by atoms with E-state index in [9.17, 15) is 4.79 Å². The average Bonchev–Trinajstić information content (AvgIpc) is 3.12. The zero-order valence-corrected chi connectivity index (χ0v) is 11.1. The van der Waals surface area contributed by atoms with Crippen molar-refractivity contribution in [2.75, 3.05) is 0 Å². The molecule has 1 saturated carbocycles. The maximum atomic E-state index is 11.0. The zero-order valence-electron chi connectivity index (χ0n) is 9.52. The van der Waals surface area contributed by atoms with Crippen molar-refractivity contribution >= 4 is 29.3 Å². The summed E-state index contributed by atoms with van der Waals surface area (Å²) in [6.45, 7) is 0. The van der Waals surface area contributed by atoms with Gasteiger partial charge in [0.1, 0.15) is 5.03 Å². The fourth-order valence-electron chi connectivity index (χ4n) is 1.55. The van der Waals surface area contributed by atoms with Gasteiger partial charge in [0.05, 0.1) is 16.6 Å². The Balaban J connectivity index is 1.92. The molecular weight excluding hydrogens is 290 g/mol. The molecule has 0 spiro atoms. The van der Waals surface area contributed by atoms with Gasteiger partial charge >= 0.3 is 5.97 Å². The molecule has 0 bridgehead atoms. The first-order valence-corrected chi connectivity index (χ1v) is 6.70. The summed E-state index contributed by atoms with van der Waals surface area (Å²) >= 11 is 7.19. The van der Waals surface area contributed by atoms with Crippen molar-refractivity contribution < 1.29 is 9.90 Å². The predicted octanol–water partition coefficient (Wildman–Crippen LogP) is 1.91. The second-order valence-electron chi connectivity index (χ2n) is 4.02. The van der Waals surface area contributed by atoms with Gasteiger partial charge in [-0.15, -0.1) is 5.10 Å². The summed E-state index contributed by atoms with van der Waals surface area (Å²) in [5, 5.41) is 21.5. The van der Waals surface area contributed by atoms with Gasteiger partial charge < -0.3 is 5.11 Å². The van der Waals surface area contributed by atoms with Crippen LogP contribution in [0, 0.1) is 0 Å². The normalized spacial score (nSPS) is 14.6. The quantitative estimate of drug-likeness (QED) is 0.921. The molecule has 19 heavy (non-hydrogen) atoms. The molecule has 0 saturated heterocycles. The molecule has 1 fully saturated rings. The monoisotopic (exact) mass is 297 g/mol. The predicted molar refractivity (Wildman–Crippen MR) is 66.4 cm³/mol. The lowest BCUT2D eigenvalue weighted by Gasteiger charge is -2.05. The van der Waals surface area contributed by atoms with Crippen LogP contribution in [-0.4, -0.2) is 36.3 Å². The van der Waals surface area contributed by atoms with E-state index in [1.165, 1.54) is 24.0 Å². The van der Waals surface area contributed by atoms with Gasteiger partial charge in [0.2, 0.25) is 5.16 Å². The Morgan fingerprint density at radius 2 is 2.32 bits per heavy atom.